The van der Waals surface area contributed by atoms with E-state index in [-0.39, 0.29) is 11.5 Å². The van der Waals surface area contributed by atoms with Crippen LogP contribution < -0.4 is 11.5 Å². The molecule has 2 aromatic heterocycles. The standard InChI is InChI=1S/C24H18F3N5/c25-24(26,27)19-4-2-1-3-16(19)15-7-5-14(6-8-15)13-32-12-11-17-20(32)10-9-18-21(17)30-23(29)31-22(18)28/h1-12H,13H2,(H4,28,29,30,31). The molecule has 8 heteroatoms. The summed E-state index contributed by atoms with van der Waals surface area (Å²) in [5.41, 5.74) is 14.4. The van der Waals surface area contributed by atoms with Crippen LogP contribution in [0.1, 0.15) is 11.1 Å². The molecule has 5 aromatic rings. The minimum Gasteiger partial charge on any atom is -0.383 e. The molecule has 4 N–H and O–H groups in total. The summed E-state index contributed by atoms with van der Waals surface area (Å²) < 4.78 is 42.1. The molecule has 0 spiro atoms. The molecule has 0 unspecified atom stereocenters. The summed E-state index contributed by atoms with van der Waals surface area (Å²) in [6, 6.07) is 18.5. The van der Waals surface area contributed by atoms with Crippen LogP contribution in [-0.4, -0.2) is 14.5 Å². The van der Waals surface area contributed by atoms with Crippen molar-refractivity contribution in [3.8, 4) is 11.1 Å². The fourth-order valence-electron chi connectivity index (χ4n) is 4.01. The molecule has 5 nitrogen and oxygen atoms in total. The van der Waals surface area contributed by atoms with Crippen LogP contribution in [0.2, 0.25) is 0 Å². The smallest absolute Gasteiger partial charge is 0.383 e. The topological polar surface area (TPSA) is 82.7 Å². The number of aromatic nitrogens is 3. The minimum absolute atomic E-state index is 0.116. The zero-order chi connectivity index (χ0) is 22.5. The number of nitrogens with zero attached hydrogens (tertiary/aromatic N) is 3. The Kier molecular flexibility index (Phi) is 4.51. The maximum Gasteiger partial charge on any atom is 0.417 e. The van der Waals surface area contributed by atoms with Crippen molar-refractivity contribution < 1.29 is 13.2 Å². The van der Waals surface area contributed by atoms with Crippen molar-refractivity contribution in [1.29, 1.82) is 0 Å². The second-order valence-electron chi connectivity index (χ2n) is 7.55. The number of rotatable bonds is 3. The molecular formula is C24H18F3N5. The van der Waals surface area contributed by atoms with Crippen molar-refractivity contribution in [3.05, 3.63) is 84.1 Å². The molecular weight excluding hydrogens is 415 g/mol. The van der Waals surface area contributed by atoms with Gasteiger partial charge in [-0.1, -0.05) is 42.5 Å². The van der Waals surface area contributed by atoms with Crippen LogP contribution in [0.4, 0.5) is 24.9 Å². The van der Waals surface area contributed by atoms with E-state index in [4.69, 9.17) is 11.5 Å². The van der Waals surface area contributed by atoms with Gasteiger partial charge in [-0.3, -0.25) is 0 Å². The Morgan fingerprint density at radius 2 is 1.56 bits per heavy atom. The van der Waals surface area contributed by atoms with Crippen molar-refractivity contribution >= 4 is 33.6 Å². The molecule has 0 saturated carbocycles. The van der Waals surface area contributed by atoms with Crippen LogP contribution in [-0.2, 0) is 12.7 Å². The Hall–Kier alpha value is -4.07. The maximum absolute atomic E-state index is 13.3. The lowest BCUT2D eigenvalue weighted by molar-refractivity contribution is -0.137. The number of anilines is 2. The first kappa shape index (κ1) is 19.9. The number of hydrogen-bond donors (Lipinski definition) is 2. The van der Waals surface area contributed by atoms with Gasteiger partial charge in [-0.25, -0.2) is 4.98 Å². The number of hydrogen-bond acceptors (Lipinski definition) is 4. The van der Waals surface area contributed by atoms with Gasteiger partial charge in [0.1, 0.15) is 5.82 Å². The summed E-state index contributed by atoms with van der Waals surface area (Å²) in [4.78, 5) is 8.34. The van der Waals surface area contributed by atoms with Gasteiger partial charge >= 0.3 is 6.18 Å². The van der Waals surface area contributed by atoms with Crippen molar-refractivity contribution in [3.63, 3.8) is 0 Å². The van der Waals surface area contributed by atoms with Crippen molar-refractivity contribution in [2.45, 2.75) is 12.7 Å². The molecule has 32 heavy (non-hydrogen) atoms. The molecule has 5 rings (SSSR count). The number of halogens is 3. The van der Waals surface area contributed by atoms with E-state index >= 15 is 0 Å². The molecule has 0 aliphatic carbocycles. The SMILES string of the molecule is Nc1nc(N)c2ccc3c(ccn3Cc3ccc(-c4ccccc4C(F)(F)F)cc3)c2n1. The normalized spacial score (nSPS) is 12.0. The van der Waals surface area contributed by atoms with E-state index in [0.717, 1.165) is 27.9 Å². The summed E-state index contributed by atoms with van der Waals surface area (Å²) in [5, 5.41) is 1.64. The van der Waals surface area contributed by atoms with E-state index in [0.29, 0.717) is 23.4 Å². The fourth-order valence-corrected chi connectivity index (χ4v) is 4.01. The molecule has 2 heterocycles. The average molecular weight is 433 g/mol. The Morgan fingerprint density at radius 3 is 2.31 bits per heavy atom. The molecule has 3 aromatic carbocycles. The molecule has 0 aliphatic heterocycles. The molecule has 0 bridgehead atoms. The second kappa shape index (κ2) is 7.26. The largest absolute Gasteiger partial charge is 0.417 e. The van der Waals surface area contributed by atoms with Gasteiger partial charge in [0, 0.05) is 23.5 Å². The quantitative estimate of drug-likeness (QED) is 0.395. The van der Waals surface area contributed by atoms with E-state index in [2.05, 4.69) is 9.97 Å². The van der Waals surface area contributed by atoms with E-state index < -0.39 is 11.7 Å². The van der Waals surface area contributed by atoms with Gasteiger partial charge in [-0.05, 0) is 41.0 Å². The third-order valence-electron chi connectivity index (χ3n) is 5.51. The predicted octanol–water partition coefficient (Wildman–Crippen LogP) is 5.48. The van der Waals surface area contributed by atoms with Crippen LogP contribution in [0.3, 0.4) is 0 Å². The van der Waals surface area contributed by atoms with E-state index in [1.165, 1.54) is 12.1 Å². The molecule has 0 atom stereocenters. The lowest BCUT2D eigenvalue weighted by atomic mass is 9.98. The zero-order valence-corrected chi connectivity index (χ0v) is 16.8. The highest BCUT2D eigenvalue weighted by molar-refractivity contribution is 6.07. The van der Waals surface area contributed by atoms with E-state index in [9.17, 15) is 13.2 Å². The fraction of sp³-hybridized carbons (Fsp3) is 0.0833. The van der Waals surface area contributed by atoms with Crippen molar-refractivity contribution in [2.75, 3.05) is 11.5 Å². The van der Waals surface area contributed by atoms with Gasteiger partial charge in [0.2, 0.25) is 5.95 Å². The lowest BCUT2D eigenvalue weighted by Gasteiger charge is -2.13. The van der Waals surface area contributed by atoms with Crippen molar-refractivity contribution in [1.82, 2.24) is 14.5 Å². The van der Waals surface area contributed by atoms with Crippen LogP contribution in [0, 0.1) is 0 Å². The van der Waals surface area contributed by atoms with E-state index in [1.54, 1.807) is 18.2 Å². The second-order valence-corrected chi connectivity index (χ2v) is 7.55. The molecule has 0 radical (unpaired) electrons. The predicted molar refractivity (Wildman–Crippen MR) is 120 cm³/mol. The number of fused-ring (bicyclic) bond motifs is 3. The maximum atomic E-state index is 13.3. The third-order valence-corrected chi connectivity index (χ3v) is 5.51. The Bertz CT molecular complexity index is 1450. The van der Waals surface area contributed by atoms with Gasteiger partial charge in [-0.2, -0.15) is 18.2 Å². The average Bonchev–Trinajstić information content (AvgIpc) is 3.17. The molecule has 0 amide bonds. The first-order valence-corrected chi connectivity index (χ1v) is 9.87. The molecule has 0 saturated heterocycles. The summed E-state index contributed by atoms with van der Waals surface area (Å²) in [5.74, 6) is 0.446. The Balaban J connectivity index is 1.49. The highest BCUT2D eigenvalue weighted by Crippen LogP contribution is 2.37. The summed E-state index contributed by atoms with van der Waals surface area (Å²) >= 11 is 0. The zero-order valence-electron chi connectivity index (χ0n) is 16.8. The van der Waals surface area contributed by atoms with Crippen LogP contribution in [0.15, 0.2) is 72.9 Å². The summed E-state index contributed by atoms with van der Waals surface area (Å²) in [7, 11) is 0. The van der Waals surface area contributed by atoms with Crippen LogP contribution in [0.25, 0.3) is 32.9 Å². The molecule has 0 fully saturated rings. The van der Waals surface area contributed by atoms with Crippen molar-refractivity contribution in [2.24, 2.45) is 0 Å². The first-order valence-electron chi connectivity index (χ1n) is 9.87. The Labute approximate surface area is 181 Å². The van der Waals surface area contributed by atoms with Crippen LogP contribution in [0.5, 0.6) is 0 Å². The van der Waals surface area contributed by atoms with Crippen LogP contribution >= 0.6 is 0 Å². The van der Waals surface area contributed by atoms with Gasteiger partial charge < -0.3 is 16.0 Å². The highest BCUT2D eigenvalue weighted by Gasteiger charge is 2.33. The summed E-state index contributed by atoms with van der Waals surface area (Å²) in [6.45, 7) is 0.548. The Morgan fingerprint density at radius 1 is 0.812 bits per heavy atom. The highest BCUT2D eigenvalue weighted by atomic mass is 19.4. The number of benzene rings is 3. The monoisotopic (exact) mass is 433 g/mol. The third kappa shape index (κ3) is 3.39. The summed E-state index contributed by atoms with van der Waals surface area (Å²) in [6.07, 6.45) is -2.47. The van der Waals surface area contributed by atoms with Gasteiger partial charge in [0.15, 0.2) is 0 Å². The lowest BCUT2D eigenvalue weighted by Crippen LogP contribution is -2.06. The first-order chi connectivity index (χ1) is 15.3. The minimum atomic E-state index is -4.40. The van der Waals surface area contributed by atoms with Gasteiger partial charge in [-0.15, -0.1) is 0 Å². The number of nitrogens with two attached hydrogens (primary N) is 2. The molecule has 160 valence electrons. The van der Waals surface area contributed by atoms with E-state index in [1.807, 2.05) is 41.1 Å². The van der Waals surface area contributed by atoms with Gasteiger partial charge in [0.05, 0.1) is 16.6 Å². The number of nitrogen functional groups attached to an aromatic ring is 2. The molecule has 0 aliphatic rings. The number of alkyl halides is 3. The van der Waals surface area contributed by atoms with Gasteiger partial charge in [0.25, 0.3) is 0 Å².